The van der Waals surface area contributed by atoms with Gasteiger partial charge in [0, 0.05) is 25.0 Å². The van der Waals surface area contributed by atoms with Gasteiger partial charge < -0.3 is 15.4 Å². The molecule has 8 nitrogen and oxygen atoms in total. The summed E-state index contributed by atoms with van der Waals surface area (Å²) in [5, 5.41) is 0. The molecule has 0 bridgehead atoms. The van der Waals surface area contributed by atoms with Crippen molar-refractivity contribution in [1.82, 2.24) is 14.7 Å². The van der Waals surface area contributed by atoms with E-state index in [0.29, 0.717) is 17.0 Å². The Morgan fingerprint density at radius 2 is 2.00 bits per heavy atom. The maximum absolute atomic E-state index is 12.4. The number of ether oxygens (including phenoxy) is 1. The Kier molecular flexibility index (Phi) is 9.97. The van der Waals surface area contributed by atoms with Crippen molar-refractivity contribution in [3.05, 3.63) is 28.3 Å². The molecule has 178 valence electrons. The highest BCUT2D eigenvalue weighted by molar-refractivity contribution is 9.10. The molecule has 0 amide bonds. The van der Waals surface area contributed by atoms with Crippen molar-refractivity contribution in [3.63, 3.8) is 0 Å². The van der Waals surface area contributed by atoms with Gasteiger partial charge in [0.2, 0.25) is 0 Å². The summed E-state index contributed by atoms with van der Waals surface area (Å²) < 4.78 is 8.83. The van der Waals surface area contributed by atoms with E-state index in [0.717, 1.165) is 49.8 Å². The van der Waals surface area contributed by atoms with Gasteiger partial charge in [0.1, 0.15) is 4.60 Å². The number of thiol groups is 1. The van der Waals surface area contributed by atoms with Gasteiger partial charge in [0.15, 0.2) is 11.5 Å². The number of hydrogen-bond acceptors (Lipinski definition) is 9. The van der Waals surface area contributed by atoms with Crippen LogP contribution in [0, 0.1) is 18.3 Å². The SMILES string of the molecule is CC(C)C.CCOC(=O)c1nc(Br)c(C)nc1N1CCC2(CC1)CN=C(/C=C\N)C2NS. The molecule has 1 fully saturated rings. The first-order chi connectivity index (χ1) is 15.2. The molecule has 1 saturated heterocycles. The van der Waals surface area contributed by atoms with Gasteiger partial charge in [-0.05, 0) is 60.8 Å². The number of nitrogens with zero attached hydrogens (tertiary/aromatic N) is 4. The van der Waals surface area contributed by atoms with E-state index in [-0.39, 0.29) is 17.2 Å². The van der Waals surface area contributed by atoms with Crippen LogP contribution in [0.5, 0.6) is 0 Å². The van der Waals surface area contributed by atoms with Crippen LogP contribution in [0.15, 0.2) is 21.9 Å². The van der Waals surface area contributed by atoms with Crippen molar-refractivity contribution in [2.75, 3.05) is 31.1 Å². The van der Waals surface area contributed by atoms with E-state index < -0.39 is 5.97 Å². The molecular weight excluding hydrogens is 492 g/mol. The highest BCUT2D eigenvalue weighted by Gasteiger charge is 2.46. The second-order valence-corrected chi connectivity index (χ2v) is 9.75. The highest BCUT2D eigenvalue weighted by atomic mass is 79.9. The van der Waals surface area contributed by atoms with E-state index >= 15 is 0 Å². The molecule has 0 aromatic carbocycles. The van der Waals surface area contributed by atoms with Crippen LogP contribution < -0.4 is 15.4 Å². The third kappa shape index (κ3) is 6.23. The number of halogens is 1. The van der Waals surface area contributed by atoms with Gasteiger partial charge in [-0.1, -0.05) is 33.6 Å². The first-order valence-electron chi connectivity index (χ1n) is 11.0. The Bertz CT molecular complexity index is 850. The summed E-state index contributed by atoms with van der Waals surface area (Å²) in [5.74, 6) is 0.950. The normalized spacial score (nSPS) is 19.8. The third-order valence-corrected chi connectivity index (χ3v) is 6.41. The molecule has 0 saturated carbocycles. The molecule has 3 rings (SSSR count). The Morgan fingerprint density at radius 3 is 2.53 bits per heavy atom. The zero-order chi connectivity index (χ0) is 23.9. The molecule has 2 aliphatic heterocycles. The third-order valence-electron chi connectivity index (χ3n) is 5.40. The number of esters is 1. The number of aliphatic imine (C=N–C) groups is 1. The zero-order valence-corrected chi connectivity index (χ0v) is 22.0. The molecular formula is C22H35BrN6O2S. The van der Waals surface area contributed by atoms with Gasteiger partial charge in [0.25, 0.3) is 0 Å². The molecule has 10 heteroatoms. The smallest absolute Gasteiger partial charge is 0.360 e. The number of hydrogen-bond donors (Lipinski definition) is 3. The number of carbonyl (C=O) groups excluding carboxylic acids is 1. The molecule has 1 spiro atoms. The topological polar surface area (TPSA) is 106 Å². The lowest BCUT2D eigenvalue weighted by Gasteiger charge is -2.43. The van der Waals surface area contributed by atoms with Crippen LogP contribution in [0.1, 0.15) is 56.7 Å². The predicted octanol–water partition coefficient (Wildman–Crippen LogP) is 3.70. The van der Waals surface area contributed by atoms with Crippen LogP contribution in [0.4, 0.5) is 5.82 Å². The summed E-state index contributed by atoms with van der Waals surface area (Å²) >= 11 is 7.69. The number of aromatic nitrogens is 2. The first kappa shape index (κ1) is 26.6. The quantitative estimate of drug-likeness (QED) is 0.396. The summed E-state index contributed by atoms with van der Waals surface area (Å²) in [6, 6.07) is 0.0417. The summed E-state index contributed by atoms with van der Waals surface area (Å²) in [6.07, 6.45) is 5.11. The van der Waals surface area contributed by atoms with E-state index in [4.69, 9.17) is 10.5 Å². The lowest BCUT2D eigenvalue weighted by Crippen LogP contribution is -2.51. The Hall–Kier alpha value is -1.65. The first-order valence-corrected chi connectivity index (χ1v) is 12.2. The minimum absolute atomic E-state index is 0.0188. The molecule has 1 atom stereocenters. The summed E-state index contributed by atoms with van der Waals surface area (Å²) in [5.41, 5.74) is 7.44. The maximum Gasteiger partial charge on any atom is 0.360 e. The van der Waals surface area contributed by atoms with Crippen LogP contribution in [0.2, 0.25) is 0 Å². The fraction of sp³-hybridized carbons (Fsp3) is 0.636. The number of nitrogens with one attached hydrogen (secondary N) is 1. The number of anilines is 1. The minimum atomic E-state index is -0.458. The van der Waals surface area contributed by atoms with Gasteiger partial charge in [0.05, 0.1) is 24.1 Å². The molecule has 32 heavy (non-hydrogen) atoms. The van der Waals surface area contributed by atoms with Crippen molar-refractivity contribution < 1.29 is 9.53 Å². The lowest BCUT2D eigenvalue weighted by molar-refractivity contribution is 0.0519. The lowest BCUT2D eigenvalue weighted by atomic mass is 9.73. The van der Waals surface area contributed by atoms with Gasteiger partial charge >= 0.3 is 5.97 Å². The van der Waals surface area contributed by atoms with Gasteiger partial charge in [-0.15, -0.1) is 0 Å². The zero-order valence-electron chi connectivity index (χ0n) is 19.6. The van der Waals surface area contributed by atoms with Crippen molar-refractivity contribution >= 4 is 46.2 Å². The summed E-state index contributed by atoms with van der Waals surface area (Å²) in [4.78, 5) is 28.2. The Balaban J connectivity index is 0.000000837. The second kappa shape index (κ2) is 12.0. The van der Waals surface area contributed by atoms with Crippen molar-refractivity contribution in [3.8, 4) is 0 Å². The van der Waals surface area contributed by atoms with Crippen LogP contribution in [0.3, 0.4) is 0 Å². The summed E-state index contributed by atoms with van der Waals surface area (Å²) in [6.45, 7) is 12.6. The fourth-order valence-corrected chi connectivity index (χ4v) is 4.52. The highest BCUT2D eigenvalue weighted by Crippen LogP contribution is 2.41. The molecule has 1 aromatic rings. The van der Waals surface area contributed by atoms with E-state index in [9.17, 15) is 4.79 Å². The average molecular weight is 528 g/mol. The second-order valence-electron chi connectivity index (χ2n) is 8.74. The van der Waals surface area contributed by atoms with Crippen LogP contribution in [-0.2, 0) is 4.74 Å². The van der Waals surface area contributed by atoms with Crippen LogP contribution >= 0.6 is 28.7 Å². The van der Waals surface area contributed by atoms with Gasteiger partial charge in [-0.25, -0.2) is 14.8 Å². The number of carbonyl (C=O) groups is 1. The summed E-state index contributed by atoms with van der Waals surface area (Å²) in [7, 11) is 0. The monoisotopic (exact) mass is 526 g/mol. The van der Waals surface area contributed by atoms with E-state index in [2.05, 4.69) is 74.1 Å². The molecule has 0 radical (unpaired) electrons. The number of nitrogens with two attached hydrogens (primary N) is 1. The van der Waals surface area contributed by atoms with Crippen molar-refractivity contribution in [2.45, 2.75) is 53.5 Å². The van der Waals surface area contributed by atoms with Gasteiger partial charge in [-0.3, -0.25) is 9.71 Å². The molecule has 1 aromatic heterocycles. The van der Waals surface area contributed by atoms with Crippen molar-refractivity contribution in [2.24, 2.45) is 22.1 Å². The average Bonchev–Trinajstić information content (AvgIpc) is 3.07. The molecule has 1 unspecified atom stereocenters. The van der Waals surface area contributed by atoms with E-state index in [1.54, 1.807) is 6.92 Å². The maximum atomic E-state index is 12.4. The minimum Gasteiger partial charge on any atom is -0.461 e. The van der Waals surface area contributed by atoms with Crippen LogP contribution in [0.25, 0.3) is 0 Å². The fourth-order valence-electron chi connectivity index (χ4n) is 3.85. The van der Waals surface area contributed by atoms with Gasteiger partial charge in [-0.2, -0.15) is 0 Å². The Labute approximate surface area is 205 Å². The van der Waals surface area contributed by atoms with Crippen molar-refractivity contribution in [1.29, 1.82) is 0 Å². The molecule has 3 heterocycles. The van der Waals surface area contributed by atoms with E-state index in [1.807, 2.05) is 13.0 Å². The number of rotatable bonds is 5. The van der Waals surface area contributed by atoms with Crippen LogP contribution in [-0.4, -0.2) is 53.9 Å². The standard InChI is InChI=1S/C18H25BrN6O2S.C4H10/c1-3-27-17(26)13-16(22-11(2)15(19)23-13)25-8-5-18(6-9-25)10-21-12(4-7-20)14(18)24-28;1-4(2)3/h4,7,14,24,28H,3,5-6,8-10,20H2,1-2H3;4H,1-3H3/b7-4-;. The largest absolute Gasteiger partial charge is 0.461 e. The molecule has 0 aliphatic carbocycles. The van der Waals surface area contributed by atoms with E-state index in [1.165, 1.54) is 6.20 Å². The molecule has 3 N–H and O–H groups in total. The Morgan fingerprint density at radius 1 is 1.38 bits per heavy atom. The number of aryl methyl sites for hydroxylation is 1. The number of piperidine rings is 1. The molecule has 2 aliphatic rings. The predicted molar refractivity (Wildman–Crippen MR) is 136 cm³/mol.